The Bertz CT molecular complexity index is 448. The molecule has 1 fully saturated rings. The van der Waals surface area contributed by atoms with Gasteiger partial charge in [0.1, 0.15) is 6.23 Å². The van der Waals surface area contributed by atoms with Gasteiger partial charge in [0.15, 0.2) is 0 Å². The molecule has 1 aromatic rings. The second kappa shape index (κ2) is 4.02. The van der Waals surface area contributed by atoms with Crippen molar-refractivity contribution in [3.8, 4) is 0 Å². The van der Waals surface area contributed by atoms with Gasteiger partial charge in [0, 0.05) is 24.8 Å². The molecule has 1 saturated heterocycles. The zero-order valence-electron chi connectivity index (χ0n) is 8.60. The van der Waals surface area contributed by atoms with E-state index in [1.165, 1.54) is 16.8 Å². The van der Waals surface area contributed by atoms with Gasteiger partial charge in [0.2, 0.25) is 0 Å². The Morgan fingerprint density at radius 3 is 3.07 bits per heavy atom. The minimum Gasteiger partial charge on any atom is -0.358 e. The van der Waals surface area contributed by atoms with E-state index in [-0.39, 0.29) is 11.8 Å². The van der Waals surface area contributed by atoms with Gasteiger partial charge in [-0.25, -0.2) is 4.79 Å². The summed E-state index contributed by atoms with van der Waals surface area (Å²) in [4.78, 5) is 24.6. The molecule has 1 aliphatic heterocycles. The summed E-state index contributed by atoms with van der Waals surface area (Å²) in [6.07, 6.45) is 3.21. The van der Waals surface area contributed by atoms with Crippen LogP contribution in [0, 0.1) is 5.92 Å². The predicted octanol–water partition coefficient (Wildman–Crippen LogP) is 0.482. The van der Waals surface area contributed by atoms with Crippen LogP contribution in [0.25, 0.3) is 0 Å². The molecule has 0 saturated carbocycles. The maximum atomic E-state index is 11.5. The number of aromatic nitrogens is 2. The van der Waals surface area contributed by atoms with Crippen molar-refractivity contribution in [2.24, 2.45) is 5.92 Å². The molecular weight excluding hydrogens is 196 g/mol. The van der Waals surface area contributed by atoms with Crippen LogP contribution in [0.1, 0.15) is 26.0 Å². The zero-order chi connectivity index (χ0) is 10.8. The topological polar surface area (TPSA) is 64.1 Å². The van der Waals surface area contributed by atoms with Crippen molar-refractivity contribution in [1.82, 2.24) is 9.55 Å². The molecule has 2 rings (SSSR count). The summed E-state index contributed by atoms with van der Waals surface area (Å²) < 4.78 is 6.97. The van der Waals surface area contributed by atoms with Crippen LogP contribution in [-0.2, 0) is 4.74 Å². The number of hydrogen-bond donors (Lipinski definition) is 1. The predicted molar refractivity (Wildman–Crippen MR) is 54.7 cm³/mol. The van der Waals surface area contributed by atoms with Crippen LogP contribution in [0.15, 0.2) is 21.9 Å². The van der Waals surface area contributed by atoms with E-state index in [1.54, 1.807) is 0 Å². The van der Waals surface area contributed by atoms with Crippen LogP contribution in [0.4, 0.5) is 0 Å². The SMILES string of the molecule is CCC1CCOC1n1ccc(=O)[nH]c1=O. The highest BCUT2D eigenvalue weighted by atomic mass is 16.5. The van der Waals surface area contributed by atoms with Crippen LogP contribution in [0.3, 0.4) is 0 Å². The third-order valence-electron chi connectivity index (χ3n) is 2.83. The van der Waals surface area contributed by atoms with Crippen LogP contribution < -0.4 is 11.2 Å². The molecule has 0 aliphatic carbocycles. The Kier molecular flexibility index (Phi) is 2.73. The number of H-pyrrole nitrogens is 1. The number of aromatic amines is 1. The van der Waals surface area contributed by atoms with Crippen LogP contribution in [-0.4, -0.2) is 16.2 Å². The smallest absolute Gasteiger partial charge is 0.330 e. The number of nitrogens with zero attached hydrogens (tertiary/aromatic N) is 1. The summed E-state index contributed by atoms with van der Waals surface area (Å²) in [5.41, 5.74) is -0.768. The van der Waals surface area contributed by atoms with Crippen molar-refractivity contribution in [2.45, 2.75) is 26.0 Å². The first-order valence-corrected chi connectivity index (χ1v) is 5.15. The van der Waals surface area contributed by atoms with Gasteiger partial charge in [-0.1, -0.05) is 6.92 Å². The Labute approximate surface area is 86.7 Å². The fourth-order valence-corrected chi connectivity index (χ4v) is 1.96. The van der Waals surface area contributed by atoms with E-state index < -0.39 is 5.69 Å². The van der Waals surface area contributed by atoms with Crippen molar-refractivity contribution in [3.05, 3.63) is 33.1 Å². The molecule has 5 nitrogen and oxygen atoms in total. The average Bonchev–Trinajstić information content (AvgIpc) is 2.65. The maximum absolute atomic E-state index is 11.5. The van der Waals surface area contributed by atoms with Gasteiger partial charge in [0.05, 0.1) is 0 Å². The first-order chi connectivity index (χ1) is 7.22. The highest BCUT2D eigenvalue weighted by Gasteiger charge is 2.28. The Balaban J connectivity index is 2.37. The molecule has 1 aromatic heterocycles. The normalized spacial score (nSPS) is 25.7. The second-order valence-electron chi connectivity index (χ2n) is 3.74. The summed E-state index contributed by atoms with van der Waals surface area (Å²) in [7, 11) is 0. The standard InChI is InChI=1S/C10H14N2O3/c1-2-7-4-6-15-9(7)12-5-3-8(13)11-10(12)14/h3,5,7,9H,2,4,6H2,1H3,(H,11,13,14). The summed E-state index contributed by atoms with van der Waals surface area (Å²) in [6.45, 7) is 2.75. The van der Waals surface area contributed by atoms with Gasteiger partial charge in [0.25, 0.3) is 5.56 Å². The molecule has 0 spiro atoms. The number of rotatable bonds is 2. The monoisotopic (exact) mass is 210 g/mol. The Morgan fingerprint density at radius 2 is 2.40 bits per heavy atom. The van der Waals surface area contributed by atoms with Crippen LogP contribution in [0.2, 0.25) is 0 Å². The molecule has 2 heterocycles. The van der Waals surface area contributed by atoms with Crippen LogP contribution in [0.5, 0.6) is 0 Å². The van der Waals surface area contributed by atoms with Crippen molar-refractivity contribution < 1.29 is 4.74 Å². The Morgan fingerprint density at radius 1 is 1.60 bits per heavy atom. The van der Waals surface area contributed by atoms with Gasteiger partial charge in [-0.3, -0.25) is 14.3 Å². The quantitative estimate of drug-likeness (QED) is 0.772. The summed E-state index contributed by atoms with van der Waals surface area (Å²) in [6, 6.07) is 1.34. The van der Waals surface area contributed by atoms with Gasteiger partial charge >= 0.3 is 5.69 Å². The molecule has 1 aliphatic rings. The molecule has 2 atom stereocenters. The molecular formula is C10H14N2O3. The van der Waals surface area contributed by atoms with E-state index in [0.29, 0.717) is 12.5 Å². The van der Waals surface area contributed by atoms with E-state index in [0.717, 1.165) is 12.8 Å². The molecule has 0 amide bonds. The molecule has 0 radical (unpaired) electrons. The molecule has 0 bridgehead atoms. The van der Waals surface area contributed by atoms with E-state index in [2.05, 4.69) is 11.9 Å². The highest BCUT2D eigenvalue weighted by molar-refractivity contribution is 4.86. The molecule has 15 heavy (non-hydrogen) atoms. The number of hydrogen-bond acceptors (Lipinski definition) is 3. The van der Waals surface area contributed by atoms with Gasteiger partial charge in [-0.05, 0) is 12.8 Å². The summed E-state index contributed by atoms with van der Waals surface area (Å²) in [5.74, 6) is 0.355. The lowest BCUT2D eigenvalue weighted by Crippen LogP contribution is -2.33. The minimum atomic E-state index is -0.396. The van der Waals surface area contributed by atoms with E-state index in [1.807, 2.05) is 0 Å². The lowest BCUT2D eigenvalue weighted by Gasteiger charge is -2.18. The fraction of sp³-hybridized carbons (Fsp3) is 0.600. The van der Waals surface area contributed by atoms with Gasteiger partial charge in [-0.2, -0.15) is 0 Å². The van der Waals surface area contributed by atoms with Gasteiger partial charge < -0.3 is 4.74 Å². The first-order valence-electron chi connectivity index (χ1n) is 5.15. The third-order valence-corrected chi connectivity index (χ3v) is 2.83. The maximum Gasteiger partial charge on any atom is 0.330 e. The molecule has 5 heteroatoms. The minimum absolute atomic E-state index is 0.223. The second-order valence-corrected chi connectivity index (χ2v) is 3.74. The van der Waals surface area contributed by atoms with Crippen molar-refractivity contribution in [3.63, 3.8) is 0 Å². The fourth-order valence-electron chi connectivity index (χ4n) is 1.96. The lowest BCUT2D eigenvalue weighted by molar-refractivity contribution is 0.0279. The Hall–Kier alpha value is -1.36. The van der Waals surface area contributed by atoms with E-state index >= 15 is 0 Å². The van der Waals surface area contributed by atoms with Crippen molar-refractivity contribution in [1.29, 1.82) is 0 Å². The molecule has 1 N–H and O–H groups in total. The van der Waals surface area contributed by atoms with Gasteiger partial charge in [-0.15, -0.1) is 0 Å². The van der Waals surface area contributed by atoms with E-state index in [4.69, 9.17) is 4.74 Å². The van der Waals surface area contributed by atoms with Crippen molar-refractivity contribution >= 4 is 0 Å². The molecule has 0 aromatic carbocycles. The lowest BCUT2D eigenvalue weighted by atomic mass is 10.0. The molecule has 2 unspecified atom stereocenters. The van der Waals surface area contributed by atoms with E-state index in [9.17, 15) is 9.59 Å². The number of ether oxygens (including phenoxy) is 1. The zero-order valence-corrected chi connectivity index (χ0v) is 8.60. The summed E-state index contributed by atoms with van der Waals surface area (Å²) >= 11 is 0. The largest absolute Gasteiger partial charge is 0.358 e. The number of nitrogens with one attached hydrogen (secondary N) is 1. The summed E-state index contributed by atoms with van der Waals surface area (Å²) in [5, 5.41) is 0. The first kappa shape index (κ1) is 10.2. The average molecular weight is 210 g/mol. The third kappa shape index (κ3) is 1.87. The molecule has 82 valence electrons. The highest BCUT2D eigenvalue weighted by Crippen LogP contribution is 2.30. The van der Waals surface area contributed by atoms with Crippen molar-refractivity contribution in [2.75, 3.05) is 6.61 Å². The van der Waals surface area contributed by atoms with Crippen LogP contribution >= 0.6 is 0 Å².